The highest BCUT2D eigenvalue weighted by Gasteiger charge is 2.07. The van der Waals surface area contributed by atoms with Gasteiger partial charge >= 0.3 is 0 Å². The second-order valence-corrected chi connectivity index (χ2v) is 4.50. The molecule has 0 fully saturated rings. The largest absolute Gasteiger partial charge is 0.494 e. The third-order valence-electron chi connectivity index (χ3n) is 2.77. The van der Waals surface area contributed by atoms with Crippen LogP contribution in [0.2, 0.25) is 0 Å². The molecule has 2 rings (SSSR count). The lowest BCUT2D eigenvalue weighted by atomic mass is 10.2. The van der Waals surface area contributed by atoms with Crippen molar-refractivity contribution in [2.75, 3.05) is 17.7 Å². The lowest BCUT2D eigenvalue weighted by Gasteiger charge is -2.10. The van der Waals surface area contributed by atoms with Gasteiger partial charge in [-0.1, -0.05) is 6.92 Å². The van der Waals surface area contributed by atoms with Crippen LogP contribution in [-0.2, 0) is 0 Å². The molecule has 0 atom stereocenters. The third-order valence-corrected chi connectivity index (χ3v) is 2.77. The van der Waals surface area contributed by atoms with Gasteiger partial charge in [-0.25, -0.2) is 4.98 Å². The molecule has 0 radical (unpaired) electrons. The predicted molar refractivity (Wildman–Crippen MR) is 82.7 cm³/mol. The Morgan fingerprint density at radius 2 is 1.95 bits per heavy atom. The summed E-state index contributed by atoms with van der Waals surface area (Å²) in [6, 6.07) is 10.5. The number of rotatable bonds is 6. The van der Waals surface area contributed by atoms with E-state index >= 15 is 0 Å². The second kappa shape index (κ2) is 6.60. The number of primary amides is 1. The Morgan fingerprint density at radius 3 is 2.57 bits per heavy atom. The summed E-state index contributed by atoms with van der Waals surface area (Å²) in [4.78, 5) is 15.2. The normalized spacial score (nSPS) is 10.1. The van der Waals surface area contributed by atoms with Crippen molar-refractivity contribution in [1.29, 1.82) is 0 Å². The number of amides is 1. The van der Waals surface area contributed by atoms with Gasteiger partial charge in [0.05, 0.1) is 12.3 Å². The van der Waals surface area contributed by atoms with Crippen LogP contribution < -0.4 is 21.5 Å². The minimum atomic E-state index is -0.596. The van der Waals surface area contributed by atoms with Crippen molar-refractivity contribution in [2.24, 2.45) is 5.73 Å². The highest BCUT2D eigenvalue weighted by atomic mass is 16.5. The summed E-state index contributed by atoms with van der Waals surface area (Å²) in [7, 11) is 0. The number of nitrogen functional groups attached to an aromatic ring is 1. The number of nitrogens with zero attached hydrogens (tertiary/aromatic N) is 1. The van der Waals surface area contributed by atoms with E-state index in [2.05, 4.69) is 17.2 Å². The van der Waals surface area contributed by atoms with E-state index in [0.29, 0.717) is 18.1 Å². The fourth-order valence-corrected chi connectivity index (χ4v) is 1.70. The number of pyridine rings is 1. The third kappa shape index (κ3) is 3.85. The molecule has 1 heterocycles. The average molecular weight is 286 g/mol. The number of hydrogen-bond acceptors (Lipinski definition) is 5. The molecule has 1 amide bonds. The van der Waals surface area contributed by atoms with Crippen molar-refractivity contribution >= 4 is 23.1 Å². The molecule has 2 aromatic rings. The second-order valence-electron chi connectivity index (χ2n) is 4.50. The number of aromatic nitrogens is 1. The zero-order valence-electron chi connectivity index (χ0n) is 11.8. The van der Waals surface area contributed by atoms with Crippen molar-refractivity contribution in [3.8, 4) is 5.75 Å². The summed E-state index contributed by atoms with van der Waals surface area (Å²) in [5.41, 5.74) is 12.4. The molecule has 1 aromatic heterocycles. The van der Waals surface area contributed by atoms with E-state index in [1.165, 1.54) is 6.07 Å². The Hall–Kier alpha value is -2.76. The summed E-state index contributed by atoms with van der Waals surface area (Å²) in [6.07, 6.45) is 0.959. The van der Waals surface area contributed by atoms with Crippen molar-refractivity contribution in [3.05, 3.63) is 42.1 Å². The number of anilines is 3. The van der Waals surface area contributed by atoms with Crippen LogP contribution in [-0.4, -0.2) is 17.5 Å². The smallest absolute Gasteiger partial charge is 0.267 e. The van der Waals surface area contributed by atoms with Crippen LogP contribution in [0.25, 0.3) is 0 Å². The Morgan fingerprint density at radius 1 is 1.24 bits per heavy atom. The van der Waals surface area contributed by atoms with E-state index in [0.717, 1.165) is 17.9 Å². The Kier molecular flexibility index (Phi) is 4.61. The van der Waals surface area contributed by atoms with E-state index in [4.69, 9.17) is 16.2 Å². The van der Waals surface area contributed by atoms with Gasteiger partial charge in [-0.3, -0.25) is 4.79 Å². The first kappa shape index (κ1) is 14.6. The first-order valence-corrected chi connectivity index (χ1v) is 6.66. The standard InChI is InChI=1S/C15H18N4O2/c1-2-9-21-11-5-3-10(4-6-11)18-15-12(16)7-8-13(19-15)14(17)20/h3-8H,2,9,16H2,1H3,(H2,17,20)(H,18,19). The Labute approximate surface area is 123 Å². The van der Waals surface area contributed by atoms with Gasteiger partial charge in [-0.15, -0.1) is 0 Å². The molecule has 1 aromatic carbocycles. The lowest BCUT2D eigenvalue weighted by Crippen LogP contribution is -2.14. The molecule has 0 spiro atoms. The summed E-state index contributed by atoms with van der Waals surface area (Å²) < 4.78 is 5.51. The van der Waals surface area contributed by atoms with E-state index in [1.54, 1.807) is 6.07 Å². The maximum atomic E-state index is 11.1. The van der Waals surface area contributed by atoms with Crippen LogP contribution in [0.15, 0.2) is 36.4 Å². The number of benzene rings is 1. The number of ether oxygens (including phenoxy) is 1. The first-order valence-electron chi connectivity index (χ1n) is 6.66. The van der Waals surface area contributed by atoms with Gasteiger partial charge in [-0.2, -0.15) is 0 Å². The fourth-order valence-electron chi connectivity index (χ4n) is 1.70. The topological polar surface area (TPSA) is 103 Å². The van der Waals surface area contributed by atoms with Gasteiger partial charge in [0.25, 0.3) is 5.91 Å². The van der Waals surface area contributed by atoms with Crippen LogP contribution in [0.3, 0.4) is 0 Å². The molecular formula is C15H18N4O2. The summed E-state index contributed by atoms with van der Waals surface area (Å²) in [5.74, 6) is 0.601. The first-order chi connectivity index (χ1) is 10.1. The molecule has 0 saturated heterocycles. The Bertz CT molecular complexity index is 626. The van der Waals surface area contributed by atoms with Crippen LogP contribution in [0.4, 0.5) is 17.2 Å². The van der Waals surface area contributed by atoms with Gasteiger partial charge < -0.3 is 21.5 Å². The van der Waals surface area contributed by atoms with Crippen LogP contribution in [0.1, 0.15) is 23.8 Å². The van der Waals surface area contributed by atoms with E-state index in [1.807, 2.05) is 24.3 Å². The maximum absolute atomic E-state index is 11.1. The molecule has 0 aliphatic heterocycles. The molecular weight excluding hydrogens is 268 g/mol. The summed E-state index contributed by atoms with van der Waals surface area (Å²) in [6.45, 7) is 2.73. The zero-order chi connectivity index (χ0) is 15.2. The van der Waals surface area contributed by atoms with Crippen LogP contribution >= 0.6 is 0 Å². The number of nitrogens with one attached hydrogen (secondary N) is 1. The van der Waals surface area contributed by atoms with Gasteiger partial charge in [0.15, 0.2) is 5.82 Å². The molecule has 0 aliphatic carbocycles. The maximum Gasteiger partial charge on any atom is 0.267 e. The number of carbonyl (C=O) groups is 1. The van der Waals surface area contributed by atoms with Gasteiger partial charge in [0.1, 0.15) is 11.4 Å². The number of hydrogen-bond donors (Lipinski definition) is 3. The molecule has 5 N–H and O–H groups in total. The summed E-state index contributed by atoms with van der Waals surface area (Å²) >= 11 is 0. The monoisotopic (exact) mass is 286 g/mol. The zero-order valence-corrected chi connectivity index (χ0v) is 11.8. The van der Waals surface area contributed by atoms with E-state index in [9.17, 15) is 4.79 Å². The molecule has 6 heteroatoms. The highest BCUT2D eigenvalue weighted by Crippen LogP contribution is 2.23. The molecule has 21 heavy (non-hydrogen) atoms. The number of nitrogens with two attached hydrogens (primary N) is 2. The van der Waals surface area contributed by atoms with E-state index < -0.39 is 5.91 Å². The average Bonchev–Trinajstić information content (AvgIpc) is 2.48. The molecule has 0 saturated carbocycles. The SMILES string of the molecule is CCCOc1ccc(Nc2nc(C(N)=O)ccc2N)cc1. The minimum absolute atomic E-state index is 0.162. The molecule has 0 aliphatic rings. The number of carbonyl (C=O) groups excluding carboxylic acids is 1. The quantitative estimate of drug-likeness (QED) is 0.756. The molecule has 110 valence electrons. The van der Waals surface area contributed by atoms with Crippen molar-refractivity contribution in [1.82, 2.24) is 4.98 Å². The van der Waals surface area contributed by atoms with Gasteiger partial charge in [0.2, 0.25) is 0 Å². The van der Waals surface area contributed by atoms with Crippen molar-refractivity contribution in [2.45, 2.75) is 13.3 Å². The van der Waals surface area contributed by atoms with Gasteiger partial charge in [-0.05, 0) is 42.8 Å². The van der Waals surface area contributed by atoms with Crippen molar-refractivity contribution in [3.63, 3.8) is 0 Å². The van der Waals surface area contributed by atoms with Crippen LogP contribution in [0.5, 0.6) is 5.75 Å². The van der Waals surface area contributed by atoms with Crippen LogP contribution in [0, 0.1) is 0 Å². The predicted octanol–water partition coefficient (Wildman–Crippen LogP) is 2.30. The molecule has 6 nitrogen and oxygen atoms in total. The minimum Gasteiger partial charge on any atom is -0.494 e. The molecule has 0 unspecified atom stereocenters. The van der Waals surface area contributed by atoms with Crippen molar-refractivity contribution < 1.29 is 9.53 Å². The highest BCUT2D eigenvalue weighted by molar-refractivity contribution is 5.92. The fraction of sp³-hybridized carbons (Fsp3) is 0.200. The van der Waals surface area contributed by atoms with Gasteiger partial charge in [0, 0.05) is 5.69 Å². The Balaban J connectivity index is 2.14. The molecule has 0 bridgehead atoms. The van der Waals surface area contributed by atoms with E-state index in [-0.39, 0.29) is 5.69 Å². The summed E-state index contributed by atoms with van der Waals surface area (Å²) in [5, 5.41) is 3.05. The lowest BCUT2D eigenvalue weighted by molar-refractivity contribution is 0.0996.